The van der Waals surface area contributed by atoms with Gasteiger partial charge in [0.15, 0.2) is 0 Å². The van der Waals surface area contributed by atoms with Crippen LogP contribution in [0.5, 0.6) is 0 Å². The Hall–Kier alpha value is -0.0600. The third-order valence-electron chi connectivity index (χ3n) is 1.84. The van der Waals surface area contributed by atoms with Crippen molar-refractivity contribution in [3.8, 4) is 0 Å². The van der Waals surface area contributed by atoms with Gasteiger partial charge in [-0.05, 0) is 41.0 Å². The zero-order valence-corrected chi connectivity index (χ0v) is 11.6. The van der Waals surface area contributed by atoms with Gasteiger partial charge < -0.3 is 5.32 Å². The van der Waals surface area contributed by atoms with Crippen molar-refractivity contribution in [2.24, 2.45) is 0 Å². The van der Waals surface area contributed by atoms with E-state index in [0.717, 1.165) is 21.8 Å². The Labute approximate surface area is 104 Å². The Balaban J connectivity index is 2.18. The minimum atomic E-state index is 0.580. The highest BCUT2D eigenvalue weighted by Gasteiger charge is 2.00. The summed E-state index contributed by atoms with van der Waals surface area (Å²) in [5.74, 6) is 1.11. The molecular formula is C11H17BrN2S. The molecule has 1 heterocycles. The second kappa shape index (κ2) is 7.25. The molecule has 0 saturated carbocycles. The van der Waals surface area contributed by atoms with Crippen LogP contribution < -0.4 is 5.32 Å². The summed E-state index contributed by atoms with van der Waals surface area (Å²) in [5, 5.41) is 4.49. The number of rotatable bonds is 6. The molecular weight excluding hydrogens is 272 g/mol. The van der Waals surface area contributed by atoms with Crippen molar-refractivity contribution >= 4 is 27.7 Å². The van der Waals surface area contributed by atoms with E-state index in [4.69, 9.17) is 0 Å². The third kappa shape index (κ3) is 5.54. The van der Waals surface area contributed by atoms with Crippen LogP contribution in [0, 0.1) is 0 Å². The second-order valence-corrected chi connectivity index (χ2v) is 5.54. The molecule has 15 heavy (non-hydrogen) atoms. The fourth-order valence-corrected chi connectivity index (χ4v) is 2.53. The zero-order valence-electron chi connectivity index (χ0n) is 9.16. The molecule has 0 radical (unpaired) electrons. The number of hydrogen-bond acceptors (Lipinski definition) is 3. The van der Waals surface area contributed by atoms with Crippen LogP contribution in [-0.4, -0.2) is 23.3 Å². The van der Waals surface area contributed by atoms with Crippen molar-refractivity contribution in [2.75, 3.05) is 12.3 Å². The Kier molecular flexibility index (Phi) is 6.29. The molecule has 0 bridgehead atoms. The van der Waals surface area contributed by atoms with E-state index < -0.39 is 0 Å². The molecule has 84 valence electrons. The van der Waals surface area contributed by atoms with Gasteiger partial charge >= 0.3 is 0 Å². The van der Waals surface area contributed by atoms with Gasteiger partial charge in [-0.3, -0.25) is 0 Å². The van der Waals surface area contributed by atoms with E-state index in [2.05, 4.69) is 40.1 Å². The molecule has 0 aliphatic rings. The molecule has 0 unspecified atom stereocenters. The highest BCUT2D eigenvalue weighted by atomic mass is 79.9. The lowest BCUT2D eigenvalue weighted by atomic mass is 10.4. The van der Waals surface area contributed by atoms with Crippen molar-refractivity contribution in [1.82, 2.24) is 10.3 Å². The van der Waals surface area contributed by atoms with Gasteiger partial charge in [0.05, 0.1) is 0 Å². The third-order valence-corrected chi connectivity index (χ3v) is 3.83. The smallest absolute Gasteiger partial charge is 0.110 e. The maximum absolute atomic E-state index is 4.31. The standard InChI is InChI=1S/C11H17BrN2S/c1-9(2)13-7-4-8-15-11-10(12)5-3-6-14-11/h3,5-6,9,13H,4,7-8H2,1-2H3. The number of nitrogens with zero attached hydrogens (tertiary/aromatic N) is 1. The van der Waals surface area contributed by atoms with Crippen molar-refractivity contribution in [3.63, 3.8) is 0 Å². The summed E-state index contributed by atoms with van der Waals surface area (Å²) in [6.07, 6.45) is 3.01. The normalized spacial score (nSPS) is 10.9. The average Bonchev–Trinajstić information content (AvgIpc) is 2.20. The summed E-state index contributed by atoms with van der Waals surface area (Å²) >= 11 is 5.29. The number of aromatic nitrogens is 1. The van der Waals surface area contributed by atoms with Crippen LogP contribution in [0.4, 0.5) is 0 Å². The van der Waals surface area contributed by atoms with Crippen LogP contribution in [-0.2, 0) is 0 Å². The number of halogens is 1. The van der Waals surface area contributed by atoms with E-state index in [-0.39, 0.29) is 0 Å². The minimum absolute atomic E-state index is 0.580. The summed E-state index contributed by atoms with van der Waals surface area (Å²) in [5.41, 5.74) is 0. The second-order valence-electron chi connectivity index (χ2n) is 3.60. The molecule has 1 aromatic heterocycles. The number of pyridine rings is 1. The molecule has 4 heteroatoms. The van der Waals surface area contributed by atoms with Gasteiger partial charge in [0.1, 0.15) is 5.03 Å². The van der Waals surface area contributed by atoms with Gasteiger partial charge in [-0.2, -0.15) is 0 Å². The highest BCUT2D eigenvalue weighted by Crippen LogP contribution is 2.24. The molecule has 0 atom stereocenters. The van der Waals surface area contributed by atoms with Gasteiger partial charge in [-0.1, -0.05) is 13.8 Å². The first-order valence-corrected chi connectivity index (χ1v) is 6.94. The van der Waals surface area contributed by atoms with Gasteiger partial charge in [-0.25, -0.2) is 4.98 Å². The Bertz CT molecular complexity index is 292. The maximum atomic E-state index is 4.31. The van der Waals surface area contributed by atoms with E-state index in [1.165, 1.54) is 6.42 Å². The molecule has 1 rings (SSSR count). The highest BCUT2D eigenvalue weighted by molar-refractivity contribution is 9.10. The van der Waals surface area contributed by atoms with Crippen molar-refractivity contribution in [2.45, 2.75) is 31.3 Å². The Morgan fingerprint density at radius 3 is 3.00 bits per heavy atom. The fourth-order valence-electron chi connectivity index (χ4n) is 1.11. The predicted octanol–water partition coefficient (Wildman–Crippen LogP) is 3.32. The Morgan fingerprint density at radius 2 is 2.33 bits per heavy atom. The lowest BCUT2D eigenvalue weighted by Gasteiger charge is -2.07. The number of nitrogens with one attached hydrogen (secondary N) is 1. The summed E-state index contributed by atoms with van der Waals surface area (Å²) in [6.45, 7) is 5.42. The topological polar surface area (TPSA) is 24.9 Å². The summed E-state index contributed by atoms with van der Waals surface area (Å²) in [6, 6.07) is 4.55. The lowest BCUT2D eigenvalue weighted by molar-refractivity contribution is 0.586. The molecule has 0 amide bonds. The van der Waals surface area contributed by atoms with Gasteiger partial charge in [0.25, 0.3) is 0 Å². The zero-order chi connectivity index (χ0) is 11.1. The van der Waals surface area contributed by atoms with Crippen molar-refractivity contribution in [1.29, 1.82) is 0 Å². The summed E-state index contributed by atoms with van der Waals surface area (Å²) < 4.78 is 1.09. The summed E-state index contributed by atoms with van der Waals surface area (Å²) in [4.78, 5) is 4.31. The van der Waals surface area contributed by atoms with Crippen LogP contribution >= 0.6 is 27.7 Å². The molecule has 1 aromatic rings. The lowest BCUT2D eigenvalue weighted by Crippen LogP contribution is -2.23. The number of hydrogen-bond donors (Lipinski definition) is 1. The van der Waals surface area contributed by atoms with Crippen LogP contribution in [0.1, 0.15) is 20.3 Å². The van der Waals surface area contributed by atoms with Crippen molar-refractivity contribution < 1.29 is 0 Å². The predicted molar refractivity (Wildman–Crippen MR) is 70.4 cm³/mol. The first kappa shape index (κ1) is 13.0. The molecule has 0 aliphatic heterocycles. The monoisotopic (exact) mass is 288 g/mol. The van der Waals surface area contributed by atoms with Gasteiger partial charge in [0, 0.05) is 22.5 Å². The molecule has 0 aromatic carbocycles. The van der Waals surface area contributed by atoms with E-state index in [0.29, 0.717) is 6.04 Å². The first-order valence-electron chi connectivity index (χ1n) is 5.17. The fraction of sp³-hybridized carbons (Fsp3) is 0.545. The molecule has 0 saturated heterocycles. The minimum Gasteiger partial charge on any atom is -0.315 e. The van der Waals surface area contributed by atoms with E-state index >= 15 is 0 Å². The molecule has 1 N–H and O–H groups in total. The Morgan fingerprint density at radius 1 is 1.53 bits per heavy atom. The first-order chi connectivity index (χ1) is 7.20. The van der Waals surface area contributed by atoms with E-state index in [9.17, 15) is 0 Å². The van der Waals surface area contributed by atoms with Crippen LogP contribution in [0.25, 0.3) is 0 Å². The van der Waals surface area contributed by atoms with E-state index in [1.54, 1.807) is 11.8 Å². The molecule has 0 aliphatic carbocycles. The molecule has 0 fully saturated rings. The van der Waals surface area contributed by atoms with Crippen LogP contribution in [0.15, 0.2) is 27.8 Å². The molecule has 0 spiro atoms. The average molecular weight is 289 g/mol. The van der Waals surface area contributed by atoms with Gasteiger partial charge in [0.2, 0.25) is 0 Å². The van der Waals surface area contributed by atoms with Crippen LogP contribution in [0.2, 0.25) is 0 Å². The summed E-state index contributed by atoms with van der Waals surface area (Å²) in [7, 11) is 0. The van der Waals surface area contributed by atoms with Crippen molar-refractivity contribution in [3.05, 3.63) is 22.8 Å². The van der Waals surface area contributed by atoms with Gasteiger partial charge in [-0.15, -0.1) is 11.8 Å². The van der Waals surface area contributed by atoms with E-state index in [1.807, 2.05) is 18.3 Å². The molecule has 2 nitrogen and oxygen atoms in total. The number of thioether (sulfide) groups is 1. The van der Waals surface area contributed by atoms with Crippen LogP contribution in [0.3, 0.4) is 0 Å². The quantitative estimate of drug-likeness (QED) is 0.642. The largest absolute Gasteiger partial charge is 0.315 e. The SMILES string of the molecule is CC(C)NCCCSc1ncccc1Br. The maximum Gasteiger partial charge on any atom is 0.110 e.